The number of nitrogens with one attached hydrogen (secondary N) is 2. The Balaban J connectivity index is 3.47. The van der Waals surface area contributed by atoms with Crippen LogP contribution in [0.3, 0.4) is 0 Å². The number of hydrogen-bond acceptors (Lipinski definition) is 3. The Bertz CT molecular complexity index is 186. The molecule has 0 heterocycles. The lowest BCUT2D eigenvalue weighted by Gasteiger charge is -2.04. The van der Waals surface area contributed by atoms with Crippen LogP contribution in [0, 0.1) is 0 Å². The Hall–Kier alpha value is -1.37. The fourth-order valence-electron chi connectivity index (χ4n) is 0.414. The second kappa shape index (κ2) is 5.30. The lowest BCUT2D eigenvalue weighted by molar-refractivity contribution is -0.138. The maximum atomic E-state index is 10.7. The van der Waals surface area contributed by atoms with Gasteiger partial charge in [0.15, 0.2) is 5.11 Å². The number of hydrazine groups is 1. The molecule has 0 unspecified atom stereocenters. The standard InChI is InChI=1S/C5H9N3O3S/c6-5(12)8-7-3(9)1-2-4(10)11/h1-2H2,(H,7,9)(H,10,11)(H3,6,8,12). The lowest BCUT2D eigenvalue weighted by Crippen LogP contribution is -2.44. The highest BCUT2D eigenvalue weighted by Crippen LogP contribution is 1.86. The van der Waals surface area contributed by atoms with Gasteiger partial charge in [0.1, 0.15) is 0 Å². The average Bonchev–Trinajstić information content (AvgIpc) is 1.96. The van der Waals surface area contributed by atoms with Gasteiger partial charge in [-0.05, 0) is 12.2 Å². The van der Waals surface area contributed by atoms with E-state index in [4.69, 9.17) is 10.8 Å². The minimum atomic E-state index is -1.03. The highest BCUT2D eigenvalue weighted by molar-refractivity contribution is 7.80. The number of carbonyl (C=O) groups excluding carboxylic acids is 1. The molecule has 0 fully saturated rings. The van der Waals surface area contributed by atoms with E-state index in [0.717, 1.165) is 0 Å². The summed E-state index contributed by atoms with van der Waals surface area (Å²) in [5.74, 6) is -1.49. The van der Waals surface area contributed by atoms with Crippen LogP contribution in [0.5, 0.6) is 0 Å². The maximum absolute atomic E-state index is 10.7. The monoisotopic (exact) mass is 191 g/mol. The number of carboxylic acids is 1. The Morgan fingerprint density at radius 1 is 1.33 bits per heavy atom. The molecule has 7 heteroatoms. The summed E-state index contributed by atoms with van der Waals surface area (Å²) in [6.45, 7) is 0. The average molecular weight is 191 g/mol. The van der Waals surface area contributed by atoms with Crippen molar-refractivity contribution in [3.8, 4) is 0 Å². The van der Waals surface area contributed by atoms with Crippen molar-refractivity contribution in [2.45, 2.75) is 12.8 Å². The topological polar surface area (TPSA) is 104 Å². The van der Waals surface area contributed by atoms with E-state index in [9.17, 15) is 9.59 Å². The van der Waals surface area contributed by atoms with E-state index in [1.54, 1.807) is 0 Å². The van der Waals surface area contributed by atoms with E-state index in [-0.39, 0.29) is 18.0 Å². The zero-order chi connectivity index (χ0) is 9.56. The predicted octanol–water partition coefficient (Wildman–Crippen LogP) is -1.28. The van der Waals surface area contributed by atoms with Crippen LogP contribution in [-0.4, -0.2) is 22.1 Å². The van der Waals surface area contributed by atoms with Gasteiger partial charge in [-0.2, -0.15) is 0 Å². The summed E-state index contributed by atoms with van der Waals surface area (Å²) in [7, 11) is 0. The van der Waals surface area contributed by atoms with Gasteiger partial charge >= 0.3 is 5.97 Å². The van der Waals surface area contributed by atoms with E-state index in [1.165, 1.54) is 0 Å². The van der Waals surface area contributed by atoms with E-state index in [0.29, 0.717) is 0 Å². The van der Waals surface area contributed by atoms with Crippen LogP contribution in [0.2, 0.25) is 0 Å². The van der Waals surface area contributed by atoms with E-state index < -0.39 is 11.9 Å². The molecular formula is C5H9N3O3S. The molecule has 0 saturated carbocycles. The third kappa shape index (κ3) is 6.75. The Labute approximate surface area is 74.1 Å². The predicted molar refractivity (Wildman–Crippen MR) is 44.9 cm³/mol. The maximum Gasteiger partial charge on any atom is 0.303 e. The first-order valence-corrected chi connectivity index (χ1v) is 3.49. The van der Waals surface area contributed by atoms with Crippen molar-refractivity contribution < 1.29 is 14.7 Å². The number of carboxylic acid groups (broad SMARTS) is 1. The molecule has 12 heavy (non-hydrogen) atoms. The second-order valence-electron chi connectivity index (χ2n) is 1.93. The molecule has 0 aliphatic carbocycles. The fraction of sp³-hybridized carbons (Fsp3) is 0.400. The molecule has 1 amide bonds. The van der Waals surface area contributed by atoms with E-state index in [2.05, 4.69) is 23.1 Å². The molecule has 0 aliphatic heterocycles. The van der Waals surface area contributed by atoms with Gasteiger partial charge in [0.2, 0.25) is 5.91 Å². The highest BCUT2D eigenvalue weighted by atomic mass is 32.1. The van der Waals surface area contributed by atoms with Gasteiger partial charge in [-0.3, -0.25) is 20.4 Å². The van der Waals surface area contributed by atoms with Gasteiger partial charge < -0.3 is 10.8 Å². The van der Waals surface area contributed by atoms with Crippen molar-refractivity contribution in [1.82, 2.24) is 10.9 Å². The third-order valence-corrected chi connectivity index (χ3v) is 0.993. The van der Waals surface area contributed by atoms with Crippen LogP contribution in [-0.2, 0) is 9.59 Å². The quantitative estimate of drug-likeness (QED) is 0.327. The molecule has 6 nitrogen and oxygen atoms in total. The normalized spacial score (nSPS) is 8.67. The number of rotatable bonds is 3. The van der Waals surface area contributed by atoms with Crippen LogP contribution in [0.15, 0.2) is 0 Å². The SMILES string of the molecule is NC(=S)NNC(=O)CCC(=O)O. The van der Waals surface area contributed by atoms with Crippen molar-refractivity contribution in [3.63, 3.8) is 0 Å². The molecule has 0 aromatic rings. The molecule has 0 rings (SSSR count). The molecule has 0 aromatic heterocycles. The molecule has 5 N–H and O–H groups in total. The first-order valence-electron chi connectivity index (χ1n) is 3.08. The van der Waals surface area contributed by atoms with Gasteiger partial charge in [-0.1, -0.05) is 0 Å². The first-order chi connectivity index (χ1) is 5.52. The van der Waals surface area contributed by atoms with Crippen molar-refractivity contribution >= 4 is 29.2 Å². The summed E-state index contributed by atoms with van der Waals surface area (Å²) in [5.41, 5.74) is 9.29. The van der Waals surface area contributed by atoms with Crippen LogP contribution in [0.1, 0.15) is 12.8 Å². The van der Waals surface area contributed by atoms with E-state index >= 15 is 0 Å². The van der Waals surface area contributed by atoms with Gasteiger partial charge in [0, 0.05) is 6.42 Å². The van der Waals surface area contributed by atoms with Crippen LogP contribution >= 0.6 is 12.2 Å². The summed E-state index contributed by atoms with van der Waals surface area (Å²) in [6, 6.07) is 0. The van der Waals surface area contributed by atoms with Crippen molar-refractivity contribution in [2.24, 2.45) is 5.73 Å². The molecule has 0 aliphatic rings. The summed E-state index contributed by atoms with van der Waals surface area (Å²) in [4.78, 5) is 20.7. The first kappa shape index (κ1) is 10.6. The summed E-state index contributed by atoms with van der Waals surface area (Å²) in [6.07, 6.45) is -0.324. The molecule has 0 spiro atoms. The summed E-state index contributed by atoms with van der Waals surface area (Å²) in [5, 5.41) is 8.12. The molecule has 0 aromatic carbocycles. The lowest BCUT2D eigenvalue weighted by atomic mass is 10.3. The van der Waals surface area contributed by atoms with Crippen molar-refractivity contribution in [1.29, 1.82) is 0 Å². The van der Waals surface area contributed by atoms with Gasteiger partial charge in [0.05, 0.1) is 6.42 Å². The van der Waals surface area contributed by atoms with Crippen LogP contribution in [0.25, 0.3) is 0 Å². The second-order valence-corrected chi connectivity index (χ2v) is 2.37. The fourth-order valence-corrected chi connectivity index (χ4v) is 0.465. The molecule has 0 atom stereocenters. The Kier molecular flexibility index (Phi) is 4.70. The minimum Gasteiger partial charge on any atom is -0.481 e. The minimum absolute atomic E-state index is 0.0707. The zero-order valence-corrected chi connectivity index (χ0v) is 6.98. The molecule has 0 saturated heterocycles. The van der Waals surface area contributed by atoms with Crippen LogP contribution < -0.4 is 16.6 Å². The number of thiocarbonyl (C=S) groups is 1. The van der Waals surface area contributed by atoms with Gasteiger partial charge in [-0.25, -0.2) is 0 Å². The third-order valence-electron chi connectivity index (χ3n) is 0.891. The molecular weight excluding hydrogens is 182 g/mol. The van der Waals surface area contributed by atoms with Gasteiger partial charge in [0.25, 0.3) is 0 Å². The van der Waals surface area contributed by atoms with Crippen molar-refractivity contribution in [3.05, 3.63) is 0 Å². The largest absolute Gasteiger partial charge is 0.481 e. The molecule has 68 valence electrons. The van der Waals surface area contributed by atoms with Crippen LogP contribution in [0.4, 0.5) is 0 Å². The summed E-state index contributed by atoms with van der Waals surface area (Å²) < 4.78 is 0. The highest BCUT2D eigenvalue weighted by Gasteiger charge is 2.03. The zero-order valence-electron chi connectivity index (χ0n) is 6.16. The number of aliphatic carboxylic acids is 1. The van der Waals surface area contributed by atoms with E-state index in [1.807, 2.05) is 0 Å². The molecule has 0 radical (unpaired) electrons. The number of carbonyl (C=O) groups is 2. The number of amides is 1. The molecule has 0 bridgehead atoms. The smallest absolute Gasteiger partial charge is 0.303 e. The van der Waals surface area contributed by atoms with Gasteiger partial charge in [-0.15, -0.1) is 0 Å². The van der Waals surface area contributed by atoms with Crippen molar-refractivity contribution in [2.75, 3.05) is 0 Å². The number of nitrogens with two attached hydrogens (primary N) is 1. The summed E-state index contributed by atoms with van der Waals surface area (Å²) >= 11 is 4.39. The Morgan fingerprint density at radius 3 is 2.33 bits per heavy atom. The number of hydrogen-bond donors (Lipinski definition) is 4. The Morgan fingerprint density at radius 2 is 1.92 bits per heavy atom.